The fourth-order valence-corrected chi connectivity index (χ4v) is 3.41. The third-order valence-corrected chi connectivity index (χ3v) is 5.21. The number of carbonyl (C=O) groups is 1. The lowest BCUT2D eigenvalue weighted by atomic mass is 10.2. The Kier molecular flexibility index (Phi) is 7.22. The second-order valence-corrected chi connectivity index (χ2v) is 7.96. The molecule has 0 spiro atoms. The van der Waals surface area contributed by atoms with Gasteiger partial charge in [0.15, 0.2) is 5.82 Å². The molecule has 0 saturated carbocycles. The third-order valence-electron chi connectivity index (χ3n) is 4.60. The van der Waals surface area contributed by atoms with Crippen molar-refractivity contribution in [3.05, 3.63) is 76.7 Å². The monoisotopic (exact) mass is 538 g/mol. The fourth-order valence-electron chi connectivity index (χ4n) is 2.94. The number of rotatable bonds is 6. The number of nitrogens with zero attached hydrogens (tertiary/aromatic N) is 6. The Labute approximate surface area is 211 Å². The molecule has 0 fully saturated rings. The van der Waals surface area contributed by atoms with Crippen molar-refractivity contribution in [2.45, 2.75) is 19.1 Å². The summed E-state index contributed by atoms with van der Waals surface area (Å²) in [6, 6.07) is 4.88. The Morgan fingerprint density at radius 2 is 1.83 bits per heavy atom. The minimum absolute atomic E-state index is 0.0117. The van der Waals surface area contributed by atoms with Crippen molar-refractivity contribution >= 4 is 34.9 Å². The molecule has 186 valence electrons. The lowest BCUT2D eigenvalue weighted by molar-refractivity contribution is -0.137. The van der Waals surface area contributed by atoms with Gasteiger partial charge >= 0.3 is 12.2 Å². The van der Waals surface area contributed by atoms with Crippen molar-refractivity contribution in [1.29, 1.82) is 0 Å². The molecule has 36 heavy (non-hydrogen) atoms. The first-order valence-electron chi connectivity index (χ1n) is 10.1. The van der Waals surface area contributed by atoms with Gasteiger partial charge in [0.2, 0.25) is 5.88 Å². The summed E-state index contributed by atoms with van der Waals surface area (Å²) < 4.78 is 45.1. The zero-order valence-electron chi connectivity index (χ0n) is 18.2. The Morgan fingerprint density at radius 3 is 2.50 bits per heavy atom. The number of ether oxygens (including phenoxy) is 1. The van der Waals surface area contributed by atoms with Gasteiger partial charge in [-0.2, -0.15) is 23.0 Å². The summed E-state index contributed by atoms with van der Waals surface area (Å²) in [4.78, 5) is 28.6. The molecule has 10 nitrogen and oxygen atoms in total. The quantitative estimate of drug-likeness (QED) is 0.334. The first kappa shape index (κ1) is 25.1. The minimum Gasteiger partial charge on any atom is -0.437 e. The number of amides is 2. The van der Waals surface area contributed by atoms with E-state index in [4.69, 9.17) is 27.9 Å². The number of hydrogen-bond acceptors (Lipinski definition) is 7. The molecule has 0 bridgehead atoms. The molecule has 0 aliphatic rings. The summed E-state index contributed by atoms with van der Waals surface area (Å²) in [5.41, 5.74) is -0.805. The molecular formula is C21H15Cl2F3N8O2. The second-order valence-electron chi connectivity index (χ2n) is 7.15. The molecule has 4 aromatic rings. The highest BCUT2D eigenvalue weighted by molar-refractivity contribution is 6.37. The molecule has 0 saturated heterocycles. The van der Waals surface area contributed by atoms with Crippen molar-refractivity contribution in [3.63, 3.8) is 0 Å². The molecule has 1 aromatic carbocycles. The van der Waals surface area contributed by atoms with Gasteiger partial charge in [0, 0.05) is 30.7 Å². The molecule has 3 heterocycles. The average molecular weight is 539 g/mol. The van der Waals surface area contributed by atoms with E-state index in [1.54, 1.807) is 25.4 Å². The van der Waals surface area contributed by atoms with E-state index in [1.807, 2.05) is 0 Å². The number of halogens is 5. The lowest BCUT2D eigenvalue weighted by Gasteiger charge is -2.16. The van der Waals surface area contributed by atoms with Gasteiger partial charge in [-0.15, -0.1) is 0 Å². The molecule has 0 radical (unpaired) electrons. The van der Waals surface area contributed by atoms with E-state index >= 15 is 0 Å². The Balaban J connectivity index is 1.46. The number of pyridine rings is 1. The number of anilines is 1. The summed E-state index contributed by atoms with van der Waals surface area (Å²) in [5.74, 6) is 0.519. The van der Waals surface area contributed by atoms with Crippen LogP contribution in [-0.4, -0.2) is 35.7 Å². The van der Waals surface area contributed by atoms with Crippen molar-refractivity contribution in [2.75, 3.05) is 5.32 Å². The molecule has 0 aliphatic carbocycles. The highest BCUT2D eigenvalue weighted by Crippen LogP contribution is 2.37. The molecule has 3 aromatic heterocycles. The maximum atomic E-state index is 12.7. The molecule has 2 amide bonds. The topological polar surface area (TPSA) is 120 Å². The van der Waals surface area contributed by atoms with Crippen LogP contribution < -0.4 is 15.4 Å². The van der Waals surface area contributed by atoms with Crippen LogP contribution in [0.1, 0.15) is 24.4 Å². The maximum Gasteiger partial charge on any atom is 0.417 e. The highest BCUT2D eigenvalue weighted by atomic mass is 35.5. The molecule has 1 unspecified atom stereocenters. The van der Waals surface area contributed by atoms with Gasteiger partial charge in [0.25, 0.3) is 5.95 Å². The SMILES string of the molecule is CC(NC(=O)Nc1cc(Oc2ccc(C(F)(F)F)cn2)c(Cl)cc1Cl)c1ncnn1-c1ncccn1. The number of aromatic nitrogens is 6. The van der Waals surface area contributed by atoms with Gasteiger partial charge in [-0.3, -0.25) is 0 Å². The van der Waals surface area contributed by atoms with Crippen molar-refractivity contribution in [1.82, 2.24) is 35.0 Å². The fraction of sp³-hybridized carbons (Fsp3) is 0.143. The first-order valence-corrected chi connectivity index (χ1v) is 10.8. The van der Waals surface area contributed by atoms with E-state index in [9.17, 15) is 18.0 Å². The van der Waals surface area contributed by atoms with E-state index in [0.29, 0.717) is 12.0 Å². The van der Waals surface area contributed by atoms with Crippen molar-refractivity contribution in [3.8, 4) is 17.6 Å². The van der Waals surface area contributed by atoms with Crippen LogP contribution in [0.2, 0.25) is 10.0 Å². The molecule has 1 atom stereocenters. The maximum absolute atomic E-state index is 12.7. The predicted octanol–water partition coefficient (Wildman–Crippen LogP) is 5.45. The van der Waals surface area contributed by atoms with Gasteiger partial charge in [0.05, 0.1) is 27.3 Å². The smallest absolute Gasteiger partial charge is 0.417 e. The Morgan fingerprint density at radius 1 is 1.08 bits per heavy atom. The van der Waals surface area contributed by atoms with Gasteiger partial charge in [-0.1, -0.05) is 23.2 Å². The van der Waals surface area contributed by atoms with Crippen LogP contribution in [0.5, 0.6) is 11.6 Å². The third kappa shape index (κ3) is 5.80. The summed E-state index contributed by atoms with van der Waals surface area (Å²) in [6.45, 7) is 1.68. The van der Waals surface area contributed by atoms with Crippen LogP contribution in [0.3, 0.4) is 0 Å². The van der Waals surface area contributed by atoms with E-state index in [-0.39, 0.29) is 33.3 Å². The van der Waals surface area contributed by atoms with Crippen LogP contribution in [0, 0.1) is 0 Å². The standard InChI is InChI=1S/C21H15Cl2F3N8O2/c1-11(18-30-10-31-34(18)19-27-5-2-6-28-19)32-20(35)33-15-8-16(14(23)7-13(15)22)36-17-4-3-12(9-29-17)21(24,25)26/h2-11H,1H3,(H2,32,33,35). The van der Waals surface area contributed by atoms with E-state index in [2.05, 4.69) is 35.7 Å². The first-order chi connectivity index (χ1) is 17.1. The van der Waals surface area contributed by atoms with Crippen LogP contribution in [-0.2, 0) is 6.18 Å². The van der Waals surface area contributed by atoms with Gasteiger partial charge in [-0.05, 0) is 25.1 Å². The predicted molar refractivity (Wildman–Crippen MR) is 123 cm³/mol. The molecule has 2 N–H and O–H groups in total. The van der Waals surface area contributed by atoms with Gasteiger partial charge < -0.3 is 15.4 Å². The van der Waals surface area contributed by atoms with Crippen molar-refractivity contribution in [2.24, 2.45) is 0 Å². The van der Waals surface area contributed by atoms with E-state index in [1.165, 1.54) is 23.1 Å². The normalized spacial score (nSPS) is 12.2. The van der Waals surface area contributed by atoms with Crippen LogP contribution in [0.4, 0.5) is 23.7 Å². The number of urea groups is 1. The summed E-state index contributed by atoms with van der Waals surface area (Å²) in [7, 11) is 0. The highest BCUT2D eigenvalue weighted by Gasteiger charge is 2.30. The van der Waals surface area contributed by atoms with Crippen LogP contribution in [0.15, 0.2) is 55.2 Å². The molecule has 15 heteroatoms. The van der Waals surface area contributed by atoms with Crippen molar-refractivity contribution < 1.29 is 22.7 Å². The zero-order chi connectivity index (χ0) is 25.9. The second kappa shape index (κ2) is 10.3. The number of nitrogens with one attached hydrogen (secondary N) is 2. The Bertz CT molecular complexity index is 1370. The van der Waals surface area contributed by atoms with E-state index < -0.39 is 23.8 Å². The lowest BCUT2D eigenvalue weighted by Crippen LogP contribution is -2.32. The summed E-state index contributed by atoms with van der Waals surface area (Å²) in [5, 5.41) is 9.49. The summed E-state index contributed by atoms with van der Waals surface area (Å²) >= 11 is 12.3. The molecular weight excluding hydrogens is 524 g/mol. The minimum atomic E-state index is -4.54. The Hall–Kier alpha value is -3.97. The van der Waals surface area contributed by atoms with Gasteiger partial charge in [-0.25, -0.2) is 24.7 Å². The number of hydrogen-bond donors (Lipinski definition) is 2. The van der Waals surface area contributed by atoms with Crippen LogP contribution >= 0.6 is 23.2 Å². The van der Waals surface area contributed by atoms with Gasteiger partial charge in [0.1, 0.15) is 12.1 Å². The largest absolute Gasteiger partial charge is 0.437 e. The van der Waals surface area contributed by atoms with E-state index in [0.717, 1.165) is 12.1 Å². The summed E-state index contributed by atoms with van der Waals surface area (Å²) in [6.07, 6.45) is 0.484. The number of carbonyl (C=O) groups excluding carboxylic acids is 1. The number of alkyl halides is 3. The number of benzene rings is 1. The molecule has 0 aliphatic heterocycles. The molecule has 4 rings (SSSR count). The zero-order valence-corrected chi connectivity index (χ0v) is 19.7. The average Bonchev–Trinajstić information content (AvgIpc) is 3.33. The van der Waals surface area contributed by atoms with Crippen LogP contribution in [0.25, 0.3) is 5.95 Å².